The second-order valence-electron chi connectivity index (χ2n) is 7.22. The number of carbonyl (C=O) groups excluding carboxylic acids is 1. The number of guanidine groups is 1. The number of halogens is 3. The zero-order chi connectivity index (χ0) is 22.5. The van der Waals surface area contributed by atoms with E-state index in [1.54, 1.807) is 25.1 Å². The van der Waals surface area contributed by atoms with Gasteiger partial charge in [-0.15, -0.1) is 24.0 Å². The Kier molecular flexibility index (Phi) is 14.0. The molecule has 1 saturated heterocycles. The van der Waals surface area contributed by atoms with Crippen LogP contribution in [0.15, 0.2) is 23.2 Å². The third kappa shape index (κ3) is 9.74. The standard InChI is InChI=1S/C22H34F2N4O3.HI/c1-3-25-22(26-13-9-15-28-14-7-5-6-12-19(28)29)27-16-17-10-8-11-18(30-4-2)20(17)31-21(23)24;/h8,10-11,21H,3-7,9,12-16H2,1-2H3,(H2,25,26,27);1H. The molecule has 7 nitrogen and oxygen atoms in total. The summed E-state index contributed by atoms with van der Waals surface area (Å²) in [6.45, 7) is 4.14. The van der Waals surface area contributed by atoms with Crippen molar-refractivity contribution in [3.8, 4) is 11.5 Å². The number of para-hydroxylation sites is 1. The highest BCUT2D eigenvalue weighted by molar-refractivity contribution is 14.0. The number of alkyl halides is 2. The van der Waals surface area contributed by atoms with Crippen LogP contribution in [0.1, 0.15) is 51.5 Å². The van der Waals surface area contributed by atoms with Gasteiger partial charge in [-0.2, -0.15) is 8.78 Å². The van der Waals surface area contributed by atoms with Gasteiger partial charge in [-0.1, -0.05) is 18.6 Å². The van der Waals surface area contributed by atoms with E-state index >= 15 is 0 Å². The Morgan fingerprint density at radius 3 is 2.75 bits per heavy atom. The Bertz CT molecular complexity index is 722. The Labute approximate surface area is 206 Å². The molecule has 0 atom stereocenters. The largest absolute Gasteiger partial charge is 0.490 e. The molecule has 1 fully saturated rings. The maximum atomic E-state index is 12.9. The third-order valence-electron chi connectivity index (χ3n) is 4.89. The van der Waals surface area contributed by atoms with Gasteiger partial charge in [0.2, 0.25) is 5.91 Å². The van der Waals surface area contributed by atoms with Crippen molar-refractivity contribution in [1.29, 1.82) is 0 Å². The second-order valence-corrected chi connectivity index (χ2v) is 7.22. The molecule has 2 N–H and O–H groups in total. The molecule has 0 spiro atoms. The summed E-state index contributed by atoms with van der Waals surface area (Å²) in [5.41, 5.74) is 0.513. The van der Waals surface area contributed by atoms with Gasteiger partial charge in [0.25, 0.3) is 0 Å². The fourth-order valence-electron chi connectivity index (χ4n) is 3.44. The first-order chi connectivity index (χ1) is 15.0. The van der Waals surface area contributed by atoms with Crippen LogP contribution in [0.25, 0.3) is 0 Å². The van der Waals surface area contributed by atoms with Gasteiger partial charge in [0.15, 0.2) is 17.5 Å². The predicted octanol–water partition coefficient (Wildman–Crippen LogP) is 4.15. The predicted molar refractivity (Wildman–Crippen MR) is 132 cm³/mol. The minimum absolute atomic E-state index is 0. The number of rotatable bonds is 11. The van der Waals surface area contributed by atoms with Gasteiger partial charge in [0.1, 0.15) is 0 Å². The Balaban J connectivity index is 0.00000512. The monoisotopic (exact) mass is 568 g/mol. The average molecular weight is 568 g/mol. The molecule has 0 bridgehead atoms. The summed E-state index contributed by atoms with van der Waals surface area (Å²) in [7, 11) is 0. The van der Waals surface area contributed by atoms with E-state index in [0.29, 0.717) is 44.2 Å². The summed E-state index contributed by atoms with van der Waals surface area (Å²) in [5, 5.41) is 6.39. The molecule has 0 unspecified atom stereocenters. The minimum atomic E-state index is -2.95. The molecule has 0 saturated carbocycles. The Morgan fingerprint density at radius 2 is 2.03 bits per heavy atom. The third-order valence-corrected chi connectivity index (χ3v) is 4.89. The molecule has 0 aliphatic carbocycles. The lowest BCUT2D eigenvalue weighted by atomic mass is 10.2. The van der Waals surface area contributed by atoms with Gasteiger partial charge in [0, 0.05) is 38.2 Å². The molecule has 1 aliphatic heterocycles. The maximum Gasteiger partial charge on any atom is 0.387 e. The number of amides is 1. The van der Waals surface area contributed by atoms with Crippen molar-refractivity contribution < 1.29 is 23.0 Å². The topological polar surface area (TPSA) is 75.2 Å². The minimum Gasteiger partial charge on any atom is -0.490 e. The van der Waals surface area contributed by atoms with Crippen LogP contribution < -0.4 is 20.1 Å². The highest BCUT2D eigenvalue weighted by Gasteiger charge is 2.17. The first-order valence-electron chi connectivity index (χ1n) is 11.0. The molecule has 1 aliphatic rings. The van der Waals surface area contributed by atoms with Gasteiger partial charge >= 0.3 is 6.61 Å². The number of ether oxygens (including phenoxy) is 2. The number of carbonyl (C=O) groups is 1. The fraction of sp³-hybridized carbons (Fsp3) is 0.636. The molecule has 1 amide bonds. The number of nitrogens with zero attached hydrogens (tertiary/aromatic N) is 2. The summed E-state index contributed by atoms with van der Waals surface area (Å²) in [6, 6.07) is 5.02. The second kappa shape index (κ2) is 15.9. The van der Waals surface area contributed by atoms with E-state index in [9.17, 15) is 13.6 Å². The molecular weight excluding hydrogens is 533 g/mol. The smallest absolute Gasteiger partial charge is 0.387 e. The van der Waals surface area contributed by atoms with E-state index in [2.05, 4.69) is 15.6 Å². The van der Waals surface area contributed by atoms with Crippen molar-refractivity contribution in [1.82, 2.24) is 15.5 Å². The Hall–Kier alpha value is -1.85. The van der Waals surface area contributed by atoms with E-state index in [4.69, 9.17) is 9.47 Å². The highest BCUT2D eigenvalue weighted by atomic mass is 127. The van der Waals surface area contributed by atoms with E-state index in [0.717, 1.165) is 32.2 Å². The lowest BCUT2D eigenvalue weighted by Gasteiger charge is -2.21. The van der Waals surface area contributed by atoms with Gasteiger partial charge in [-0.25, -0.2) is 4.99 Å². The number of hydrogen-bond donors (Lipinski definition) is 2. The lowest BCUT2D eigenvalue weighted by molar-refractivity contribution is -0.130. The van der Waals surface area contributed by atoms with Crippen LogP contribution in [0.5, 0.6) is 11.5 Å². The van der Waals surface area contributed by atoms with Crippen LogP contribution in [0.3, 0.4) is 0 Å². The first-order valence-corrected chi connectivity index (χ1v) is 11.0. The number of benzene rings is 1. The molecule has 10 heteroatoms. The number of nitrogens with one attached hydrogen (secondary N) is 2. The zero-order valence-corrected chi connectivity index (χ0v) is 21.2. The van der Waals surface area contributed by atoms with Gasteiger partial charge in [-0.05, 0) is 39.2 Å². The van der Waals surface area contributed by atoms with Crippen LogP contribution in [0.4, 0.5) is 8.78 Å². The summed E-state index contributed by atoms with van der Waals surface area (Å²) < 4.78 is 35.9. The van der Waals surface area contributed by atoms with E-state index in [-0.39, 0.29) is 47.9 Å². The molecule has 0 radical (unpaired) electrons. The molecule has 1 aromatic rings. The summed E-state index contributed by atoms with van der Waals surface area (Å²) in [5.74, 6) is 1.10. The molecule has 182 valence electrons. The van der Waals surface area contributed by atoms with Gasteiger partial charge in [-0.3, -0.25) is 4.79 Å². The van der Waals surface area contributed by atoms with Crippen molar-refractivity contribution in [3.63, 3.8) is 0 Å². The molecule has 2 rings (SSSR count). The lowest BCUT2D eigenvalue weighted by Crippen LogP contribution is -2.39. The molecule has 1 heterocycles. The van der Waals surface area contributed by atoms with Crippen LogP contribution in [0.2, 0.25) is 0 Å². The van der Waals surface area contributed by atoms with Crippen LogP contribution in [-0.2, 0) is 11.3 Å². The van der Waals surface area contributed by atoms with E-state index in [1.165, 1.54) is 0 Å². The Morgan fingerprint density at radius 1 is 1.22 bits per heavy atom. The van der Waals surface area contributed by atoms with Crippen LogP contribution in [-0.4, -0.2) is 56.2 Å². The van der Waals surface area contributed by atoms with Crippen molar-refractivity contribution in [2.45, 2.75) is 59.1 Å². The van der Waals surface area contributed by atoms with Crippen molar-refractivity contribution in [2.24, 2.45) is 4.99 Å². The van der Waals surface area contributed by atoms with Gasteiger partial charge in [0.05, 0.1) is 13.2 Å². The normalized spacial score (nSPS) is 14.6. The summed E-state index contributed by atoms with van der Waals surface area (Å²) in [6.07, 6.45) is 4.59. The average Bonchev–Trinajstić information content (AvgIpc) is 2.95. The summed E-state index contributed by atoms with van der Waals surface area (Å²) in [4.78, 5) is 18.5. The first kappa shape index (κ1) is 28.2. The van der Waals surface area contributed by atoms with Crippen molar-refractivity contribution >= 4 is 35.8 Å². The van der Waals surface area contributed by atoms with Crippen molar-refractivity contribution in [3.05, 3.63) is 23.8 Å². The zero-order valence-electron chi connectivity index (χ0n) is 18.9. The maximum absolute atomic E-state index is 12.9. The number of aliphatic imine (C=N–C) groups is 1. The molecule has 1 aromatic carbocycles. The van der Waals surface area contributed by atoms with E-state index in [1.807, 2.05) is 11.8 Å². The SMILES string of the molecule is CCNC(=NCc1cccc(OCC)c1OC(F)F)NCCCN1CCCCCC1=O.I. The van der Waals surface area contributed by atoms with E-state index < -0.39 is 6.61 Å². The fourth-order valence-corrected chi connectivity index (χ4v) is 3.44. The molecule has 32 heavy (non-hydrogen) atoms. The quantitative estimate of drug-likeness (QED) is 0.182. The van der Waals surface area contributed by atoms with Crippen molar-refractivity contribution in [2.75, 3.05) is 32.8 Å². The summed E-state index contributed by atoms with van der Waals surface area (Å²) >= 11 is 0. The highest BCUT2D eigenvalue weighted by Crippen LogP contribution is 2.33. The van der Waals surface area contributed by atoms with Crippen LogP contribution >= 0.6 is 24.0 Å². The van der Waals surface area contributed by atoms with Gasteiger partial charge < -0.3 is 25.0 Å². The van der Waals surface area contributed by atoms with Crippen LogP contribution in [0, 0.1) is 0 Å². The number of likely N-dealkylation sites (tertiary alicyclic amines) is 1. The molecule has 0 aromatic heterocycles. The number of hydrogen-bond acceptors (Lipinski definition) is 4. The molecular formula is C22H35F2IN4O3.